The van der Waals surface area contributed by atoms with Crippen LogP contribution in [0, 0.1) is 0 Å². The molecule has 2 aromatic carbocycles. The molecule has 0 radical (unpaired) electrons. The van der Waals surface area contributed by atoms with Crippen LogP contribution in [0.25, 0.3) is 17.2 Å². The molecule has 1 fully saturated rings. The van der Waals surface area contributed by atoms with Gasteiger partial charge >= 0.3 is 5.76 Å². The number of ether oxygens (including phenoxy) is 1. The van der Waals surface area contributed by atoms with Gasteiger partial charge in [0.25, 0.3) is 0 Å². The van der Waals surface area contributed by atoms with Crippen molar-refractivity contribution in [3.63, 3.8) is 0 Å². The van der Waals surface area contributed by atoms with Gasteiger partial charge in [0.15, 0.2) is 5.58 Å². The fourth-order valence-corrected chi connectivity index (χ4v) is 5.47. The number of aromatic nitrogens is 1. The molecule has 0 saturated carbocycles. The van der Waals surface area contributed by atoms with Gasteiger partial charge in [0.2, 0.25) is 15.9 Å². The number of hydrogen-bond donors (Lipinski definition) is 0. The number of amides is 1. The summed E-state index contributed by atoms with van der Waals surface area (Å²) in [7, 11) is -2.23. The molecule has 0 atom stereocenters. The number of methoxy groups -OCH3 is 1. The maximum absolute atomic E-state index is 13.2. The van der Waals surface area contributed by atoms with Gasteiger partial charge < -0.3 is 14.1 Å². The molecule has 1 saturated heterocycles. The van der Waals surface area contributed by atoms with Gasteiger partial charge in [-0.15, -0.1) is 0 Å². The van der Waals surface area contributed by atoms with Crippen LogP contribution < -0.4 is 10.5 Å². The second-order valence-corrected chi connectivity index (χ2v) is 10.2. The lowest BCUT2D eigenvalue weighted by atomic mass is 10.2. The number of benzene rings is 2. The minimum Gasteiger partial charge on any atom is -0.496 e. The van der Waals surface area contributed by atoms with Crippen molar-refractivity contribution >= 4 is 33.1 Å². The monoisotopic (exact) mass is 485 g/mol. The molecule has 0 aliphatic carbocycles. The molecule has 1 aromatic heterocycles. The molecule has 180 valence electrons. The fourth-order valence-electron chi connectivity index (χ4n) is 4.03. The number of para-hydroxylation sites is 1. The fraction of sp³-hybridized carbons (Fsp3) is 0.333. The molecule has 1 amide bonds. The predicted molar refractivity (Wildman–Crippen MR) is 128 cm³/mol. The van der Waals surface area contributed by atoms with E-state index < -0.39 is 15.8 Å². The van der Waals surface area contributed by atoms with Crippen LogP contribution >= 0.6 is 0 Å². The number of carbonyl (C=O) groups is 1. The molecule has 0 unspecified atom stereocenters. The van der Waals surface area contributed by atoms with Crippen LogP contribution in [0.1, 0.15) is 25.5 Å². The van der Waals surface area contributed by atoms with Crippen LogP contribution in [0.4, 0.5) is 0 Å². The van der Waals surface area contributed by atoms with Crippen molar-refractivity contribution in [1.82, 2.24) is 13.8 Å². The zero-order chi connectivity index (χ0) is 24.5. The highest BCUT2D eigenvalue weighted by molar-refractivity contribution is 7.89. The summed E-state index contributed by atoms with van der Waals surface area (Å²) in [6.45, 7) is 4.60. The summed E-state index contributed by atoms with van der Waals surface area (Å²) in [5, 5.41) is 0. The predicted octanol–water partition coefficient (Wildman–Crippen LogP) is 2.73. The molecule has 1 aliphatic rings. The normalized spacial score (nSPS) is 15.5. The van der Waals surface area contributed by atoms with Gasteiger partial charge in [-0.1, -0.05) is 18.2 Å². The summed E-state index contributed by atoms with van der Waals surface area (Å²) in [6.07, 6.45) is 3.16. The van der Waals surface area contributed by atoms with E-state index >= 15 is 0 Å². The van der Waals surface area contributed by atoms with Crippen molar-refractivity contribution in [3.8, 4) is 5.75 Å². The number of sulfonamides is 1. The third kappa shape index (κ3) is 4.51. The Morgan fingerprint density at radius 2 is 1.79 bits per heavy atom. The Hall–Kier alpha value is -3.37. The van der Waals surface area contributed by atoms with E-state index in [2.05, 4.69) is 0 Å². The minimum absolute atomic E-state index is 0.0560. The Labute approximate surface area is 197 Å². The van der Waals surface area contributed by atoms with Crippen molar-refractivity contribution < 1.29 is 22.4 Å². The van der Waals surface area contributed by atoms with Crippen LogP contribution in [0.15, 0.2) is 62.6 Å². The number of fused-ring (bicyclic) bond motifs is 1. The van der Waals surface area contributed by atoms with Crippen LogP contribution in [0.2, 0.25) is 0 Å². The van der Waals surface area contributed by atoms with E-state index in [0.29, 0.717) is 11.3 Å². The average Bonchev–Trinajstić information content (AvgIpc) is 3.17. The van der Waals surface area contributed by atoms with Crippen molar-refractivity contribution in [1.29, 1.82) is 0 Å². The van der Waals surface area contributed by atoms with Gasteiger partial charge in [-0.3, -0.25) is 9.36 Å². The van der Waals surface area contributed by atoms with E-state index in [-0.39, 0.29) is 48.6 Å². The van der Waals surface area contributed by atoms with Gasteiger partial charge in [-0.05, 0) is 38.1 Å². The molecule has 10 heteroatoms. The molecular weight excluding hydrogens is 458 g/mol. The highest BCUT2D eigenvalue weighted by atomic mass is 32.2. The summed E-state index contributed by atoms with van der Waals surface area (Å²) in [5.41, 5.74) is 1.57. The third-order valence-corrected chi connectivity index (χ3v) is 7.73. The standard InChI is InChI=1S/C24H27N3O6S/c1-17(2)27-20-10-9-19(16-22(20)33-24(27)29)34(30,31)26-14-12-25(13-15-26)23(28)11-8-18-6-4-5-7-21(18)32-3/h4-11,16-17H,12-15H2,1-3H3. The van der Waals surface area contributed by atoms with Crippen molar-refractivity contribution in [2.75, 3.05) is 33.3 Å². The molecule has 0 spiro atoms. The Morgan fingerprint density at radius 3 is 2.47 bits per heavy atom. The number of carbonyl (C=O) groups excluding carboxylic acids is 1. The highest BCUT2D eigenvalue weighted by Crippen LogP contribution is 2.24. The largest absolute Gasteiger partial charge is 0.496 e. The van der Waals surface area contributed by atoms with Gasteiger partial charge in [0, 0.05) is 49.9 Å². The minimum atomic E-state index is -3.80. The molecule has 4 rings (SSSR count). The van der Waals surface area contributed by atoms with E-state index in [1.54, 1.807) is 24.2 Å². The van der Waals surface area contributed by atoms with E-state index in [1.807, 2.05) is 38.1 Å². The van der Waals surface area contributed by atoms with Crippen LogP contribution in [0.5, 0.6) is 5.75 Å². The molecular formula is C24H27N3O6S. The topological polar surface area (TPSA) is 102 Å². The summed E-state index contributed by atoms with van der Waals surface area (Å²) < 4.78 is 39.7. The molecule has 34 heavy (non-hydrogen) atoms. The SMILES string of the molecule is COc1ccccc1C=CC(=O)N1CCN(S(=O)(=O)c2ccc3c(c2)oc(=O)n3C(C)C)CC1. The lowest BCUT2D eigenvalue weighted by Crippen LogP contribution is -2.50. The smallest absolute Gasteiger partial charge is 0.420 e. The summed E-state index contributed by atoms with van der Waals surface area (Å²) >= 11 is 0. The van der Waals surface area contributed by atoms with E-state index in [4.69, 9.17) is 9.15 Å². The van der Waals surface area contributed by atoms with Crippen LogP contribution in [-0.4, -0.2) is 61.4 Å². The summed E-state index contributed by atoms with van der Waals surface area (Å²) in [5.74, 6) is -0.0481. The van der Waals surface area contributed by atoms with E-state index in [1.165, 1.54) is 27.1 Å². The van der Waals surface area contributed by atoms with Crippen molar-refractivity contribution in [2.45, 2.75) is 24.8 Å². The Balaban J connectivity index is 1.45. The van der Waals surface area contributed by atoms with Crippen molar-refractivity contribution in [2.24, 2.45) is 0 Å². The van der Waals surface area contributed by atoms with Gasteiger partial charge in [0.05, 0.1) is 17.5 Å². The summed E-state index contributed by atoms with van der Waals surface area (Å²) in [4.78, 5) is 26.4. The molecule has 2 heterocycles. The first-order chi connectivity index (χ1) is 16.2. The summed E-state index contributed by atoms with van der Waals surface area (Å²) in [6, 6.07) is 11.7. The van der Waals surface area contributed by atoms with Crippen LogP contribution in [0.3, 0.4) is 0 Å². The van der Waals surface area contributed by atoms with E-state index in [9.17, 15) is 18.0 Å². The molecule has 1 aliphatic heterocycles. The quantitative estimate of drug-likeness (QED) is 0.498. The highest BCUT2D eigenvalue weighted by Gasteiger charge is 2.30. The Morgan fingerprint density at radius 1 is 1.09 bits per heavy atom. The molecule has 3 aromatic rings. The van der Waals surface area contributed by atoms with E-state index in [0.717, 1.165) is 5.56 Å². The Bertz CT molecular complexity index is 1400. The lowest BCUT2D eigenvalue weighted by Gasteiger charge is -2.33. The van der Waals surface area contributed by atoms with Crippen LogP contribution in [-0.2, 0) is 14.8 Å². The maximum atomic E-state index is 13.2. The Kier molecular flexibility index (Phi) is 6.63. The van der Waals surface area contributed by atoms with Gasteiger partial charge in [0.1, 0.15) is 5.75 Å². The zero-order valence-electron chi connectivity index (χ0n) is 19.3. The second kappa shape index (κ2) is 9.47. The zero-order valence-corrected chi connectivity index (χ0v) is 20.1. The van der Waals surface area contributed by atoms with Gasteiger partial charge in [-0.25, -0.2) is 13.2 Å². The number of rotatable bonds is 6. The molecule has 0 bridgehead atoms. The second-order valence-electron chi connectivity index (χ2n) is 8.27. The molecule has 9 nitrogen and oxygen atoms in total. The van der Waals surface area contributed by atoms with Gasteiger partial charge in [-0.2, -0.15) is 4.31 Å². The number of piperazine rings is 1. The lowest BCUT2D eigenvalue weighted by molar-refractivity contribution is -0.127. The maximum Gasteiger partial charge on any atom is 0.420 e. The first-order valence-electron chi connectivity index (χ1n) is 11.0. The first kappa shape index (κ1) is 23.8. The third-order valence-electron chi connectivity index (χ3n) is 5.83. The first-order valence-corrected chi connectivity index (χ1v) is 12.4. The molecule has 0 N–H and O–H groups in total. The average molecular weight is 486 g/mol. The number of oxazole rings is 1. The van der Waals surface area contributed by atoms with Crippen molar-refractivity contribution in [3.05, 3.63) is 64.7 Å². The number of hydrogen-bond acceptors (Lipinski definition) is 6. The number of nitrogens with zero attached hydrogens (tertiary/aromatic N) is 3.